The largest absolute Gasteiger partial charge is 0.344 e. The molecule has 4 nitrogen and oxygen atoms in total. The second-order valence-corrected chi connectivity index (χ2v) is 4.36. The number of amides is 1. The fourth-order valence-electron chi connectivity index (χ4n) is 2.43. The van der Waals surface area contributed by atoms with Crippen molar-refractivity contribution in [3.63, 3.8) is 0 Å². The van der Waals surface area contributed by atoms with Crippen LogP contribution in [0.5, 0.6) is 0 Å². The Morgan fingerprint density at radius 3 is 2.79 bits per heavy atom. The lowest BCUT2D eigenvalue weighted by Gasteiger charge is -2.37. The summed E-state index contributed by atoms with van der Waals surface area (Å²) in [5.74, 6) is 0.304. The molecule has 0 bridgehead atoms. The molecule has 0 aromatic heterocycles. The van der Waals surface area contributed by atoms with Gasteiger partial charge in [0.1, 0.15) is 0 Å². The van der Waals surface area contributed by atoms with Gasteiger partial charge >= 0.3 is 0 Å². The molecule has 14 heavy (non-hydrogen) atoms. The Hall–Kier alpha value is -0.610. The van der Waals surface area contributed by atoms with Crippen molar-refractivity contribution in [2.24, 2.45) is 0 Å². The molecule has 0 aromatic rings. The number of carbonyl (C=O) groups excluding carboxylic acids is 1. The van der Waals surface area contributed by atoms with Crippen molar-refractivity contribution < 1.29 is 4.79 Å². The molecule has 2 fully saturated rings. The van der Waals surface area contributed by atoms with Crippen LogP contribution in [-0.4, -0.2) is 61.0 Å². The minimum absolute atomic E-state index is 0.150. The SMILES string of the molecule is CC1CNCCN1C1CCN(C)C1=O. The lowest BCUT2D eigenvalue weighted by molar-refractivity contribution is -0.132. The second-order valence-electron chi connectivity index (χ2n) is 4.36. The summed E-state index contributed by atoms with van der Waals surface area (Å²) in [5.41, 5.74) is 0. The van der Waals surface area contributed by atoms with Gasteiger partial charge in [-0.05, 0) is 13.3 Å². The van der Waals surface area contributed by atoms with Crippen molar-refractivity contribution in [2.75, 3.05) is 33.2 Å². The fourth-order valence-corrected chi connectivity index (χ4v) is 2.43. The summed E-state index contributed by atoms with van der Waals surface area (Å²) in [6, 6.07) is 0.640. The van der Waals surface area contributed by atoms with Crippen LogP contribution in [0.15, 0.2) is 0 Å². The maximum atomic E-state index is 11.8. The average molecular weight is 197 g/mol. The summed E-state index contributed by atoms with van der Waals surface area (Å²) in [5, 5.41) is 3.35. The van der Waals surface area contributed by atoms with E-state index in [1.165, 1.54) is 0 Å². The van der Waals surface area contributed by atoms with Gasteiger partial charge in [0, 0.05) is 39.3 Å². The fraction of sp³-hybridized carbons (Fsp3) is 0.900. The number of piperazine rings is 1. The Morgan fingerprint density at radius 1 is 1.43 bits per heavy atom. The quantitative estimate of drug-likeness (QED) is 0.616. The average Bonchev–Trinajstić information content (AvgIpc) is 2.49. The molecule has 2 rings (SSSR count). The maximum Gasteiger partial charge on any atom is 0.239 e. The highest BCUT2D eigenvalue weighted by Gasteiger charge is 2.36. The van der Waals surface area contributed by atoms with Crippen molar-refractivity contribution in [2.45, 2.75) is 25.4 Å². The molecule has 0 saturated carbocycles. The van der Waals surface area contributed by atoms with Crippen LogP contribution >= 0.6 is 0 Å². The Labute approximate surface area is 85.2 Å². The van der Waals surface area contributed by atoms with Gasteiger partial charge in [-0.1, -0.05) is 0 Å². The number of hydrogen-bond donors (Lipinski definition) is 1. The van der Waals surface area contributed by atoms with Gasteiger partial charge < -0.3 is 10.2 Å². The van der Waals surface area contributed by atoms with Crippen molar-refractivity contribution in [1.29, 1.82) is 0 Å². The van der Waals surface area contributed by atoms with E-state index >= 15 is 0 Å². The molecule has 1 amide bonds. The summed E-state index contributed by atoms with van der Waals surface area (Å²) in [7, 11) is 1.90. The van der Waals surface area contributed by atoms with Crippen molar-refractivity contribution >= 4 is 5.91 Å². The summed E-state index contributed by atoms with van der Waals surface area (Å²) < 4.78 is 0. The third-order valence-electron chi connectivity index (χ3n) is 3.35. The van der Waals surface area contributed by atoms with Crippen LogP contribution in [0.25, 0.3) is 0 Å². The molecule has 2 aliphatic heterocycles. The predicted molar refractivity (Wildman–Crippen MR) is 55.1 cm³/mol. The lowest BCUT2D eigenvalue weighted by Crippen LogP contribution is -2.55. The molecule has 2 heterocycles. The third kappa shape index (κ3) is 1.64. The van der Waals surface area contributed by atoms with E-state index < -0.39 is 0 Å². The first-order chi connectivity index (χ1) is 6.70. The molecule has 0 spiro atoms. The summed E-state index contributed by atoms with van der Waals surface area (Å²) in [4.78, 5) is 16.0. The zero-order valence-electron chi connectivity index (χ0n) is 8.99. The molecule has 0 radical (unpaired) electrons. The summed E-state index contributed by atoms with van der Waals surface area (Å²) >= 11 is 0. The van der Waals surface area contributed by atoms with E-state index in [9.17, 15) is 4.79 Å². The van der Waals surface area contributed by atoms with Gasteiger partial charge in [0.15, 0.2) is 0 Å². The van der Waals surface area contributed by atoms with Crippen LogP contribution in [0.4, 0.5) is 0 Å². The Morgan fingerprint density at radius 2 is 2.21 bits per heavy atom. The highest BCUT2D eigenvalue weighted by atomic mass is 16.2. The molecule has 0 aromatic carbocycles. The Balaban J connectivity index is 2.03. The number of likely N-dealkylation sites (tertiary alicyclic amines) is 1. The normalized spacial score (nSPS) is 35.3. The van der Waals surface area contributed by atoms with Gasteiger partial charge in [0.25, 0.3) is 0 Å². The smallest absolute Gasteiger partial charge is 0.239 e. The molecule has 80 valence electrons. The number of nitrogens with zero attached hydrogens (tertiary/aromatic N) is 2. The van der Waals surface area contributed by atoms with Crippen molar-refractivity contribution in [3.8, 4) is 0 Å². The lowest BCUT2D eigenvalue weighted by atomic mass is 10.1. The third-order valence-corrected chi connectivity index (χ3v) is 3.35. The number of carbonyl (C=O) groups is 1. The molecule has 1 N–H and O–H groups in total. The molecular weight excluding hydrogens is 178 g/mol. The first kappa shape index (κ1) is 9.93. The molecular formula is C10H19N3O. The summed E-state index contributed by atoms with van der Waals surface area (Å²) in [6.45, 7) is 6.13. The van der Waals surface area contributed by atoms with Gasteiger partial charge in [-0.15, -0.1) is 0 Å². The van der Waals surface area contributed by atoms with Gasteiger partial charge in [-0.3, -0.25) is 9.69 Å². The molecule has 2 atom stereocenters. The molecule has 2 saturated heterocycles. The van der Waals surface area contributed by atoms with Crippen LogP contribution in [-0.2, 0) is 4.79 Å². The van der Waals surface area contributed by atoms with Gasteiger partial charge in [-0.2, -0.15) is 0 Å². The molecule has 2 unspecified atom stereocenters. The number of likely N-dealkylation sites (N-methyl/N-ethyl adjacent to an activating group) is 1. The van der Waals surface area contributed by atoms with Crippen molar-refractivity contribution in [3.05, 3.63) is 0 Å². The zero-order chi connectivity index (χ0) is 10.1. The van der Waals surface area contributed by atoms with E-state index in [-0.39, 0.29) is 6.04 Å². The van der Waals surface area contributed by atoms with E-state index in [2.05, 4.69) is 17.1 Å². The highest BCUT2D eigenvalue weighted by molar-refractivity contribution is 5.83. The van der Waals surface area contributed by atoms with E-state index in [4.69, 9.17) is 0 Å². The first-order valence-electron chi connectivity index (χ1n) is 5.41. The number of nitrogens with one attached hydrogen (secondary N) is 1. The first-order valence-corrected chi connectivity index (χ1v) is 5.41. The van der Waals surface area contributed by atoms with Crippen LogP contribution in [0.1, 0.15) is 13.3 Å². The van der Waals surface area contributed by atoms with E-state index in [0.29, 0.717) is 11.9 Å². The van der Waals surface area contributed by atoms with Gasteiger partial charge in [-0.25, -0.2) is 0 Å². The van der Waals surface area contributed by atoms with Crippen molar-refractivity contribution in [1.82, 2.24) is 15.1 Å². The second kappa shape index (κ2) is 3.87. The van der Waals surface area contributed by atoms with Crippen LogP contribution in [0.3, 0.4) is 0 Å². The topological polar surface area (TPSA) is 35.6 Å². The molecule has 4 heteroatoms. The number of rotatable bonds is 1. The minimum atomic E-state index is 0.150. The minimum Gasteiger partial charge on any atom is -0.344 e. The number of hydrogen-bond acceptors (Lipinski definition) is 3. The van der Waals surface area contributed by atoms with E-state index in [1.807, 2.05) is 11.9 Å². The van der Waals surface area contributed by atoms with Gasteiger partial charge in [0.2, 0.25) is 5.91 Å². The monoisotopic (exact) mass is 197 g/mol. The highest BCUT2D eigenvalue weighted by Crippen LogP contribution is 2.18. The molecule has 0 aliphatic carbocycles. The van der Waals surface area contributed by atoms with E-state index in [1.54, 1.807) is 0 Å². The standard InChI is InChI=1S/C10H19N3O/c1-8-7-11-4-6-13(8)9-3-5-12(2)10(9)14/h8-9,11H,3-7H2,1-2H3. The zero-order valence-corrected chi connectivity index (χ0v) is 8.99. The molecule has 2 aliphatic rings. The Bertz CT molecular complexity index is 231. The predicted octanol–water partition coefficient (Wildman–Crippen LogP) is -0.489. The Kier molecular flexibility index (Phi) is 2.74. The van der Waals surface area contributed by atoms with Crippen LogP contribution in [0, 0.1) is 0 Å². The van der Waals surface area contributed by atoms with E-state index in [0.717, 1.165) is 32.6 Å². The van der Waals surface area contributed by atoms with Crippen LogP contribution in [0.2, 0.25) is 0 Å². The summed E-state index contributed by atoms with van der Waals surface area (Å²) in [6.07, 6.45) is 1.000. The maximum absolute atomic E-state index is 11.8. The van der Waals surface area contributed by atoms with Gasteiger partial charge in [0.05, 0.1) is 6.04 Å². The van der Waals surface area contributed by atoms with Crippen LogP contribution < -0.4 is 5.32 Å².